The molecule has 20 heavy (non-hydrogen) atoms. The van der Waals surface area contributed by atoms with E-state index in [-0.39, 0.29) is 12.0 Å². The third kappa shape index (κ3) is 4.45. The Morgan fingerprint density at radius 3 is 2.00 bits per heavy atom. The quantitative estimate of drug-likeness (QED) is 0.498. The van der Waals surface area contributed by atoms with Gasteiger partial charge in [-0.05, 0) is 12.0 Å². The average molecular weight is 280 g/mol. The number of Topliss-reactive ketones (excluding diaryl/α,β-unsaturated/α-hetero) is 1. The number of rotatable bonds is 7. The van der Waals surface area contributed by atoms with Crippen molar-refractivity contribution in [3.63, 3.8) is 0 Å². The Balaban J connectivity index is 2.73. The molecular weight excluding hydrogens is 264 g/mol. The van der Waals surface area contributed by atoms with Crippen molar-refractivity contribution in [2.75, 3.05) is 0 Å². The Hall–Kier alpha value is -2.25. The summed E-state index contributed by atoms with van der Waals surface area (Å²) in [5, 5.41) is 17.3. The molecule has 0 amide bonds. The van der Waals surface area contributed by atoms with Crippen LogP contribution in [-0.4, -0.2) is 40.0 Å². The number of carbonyl (C=O) groups is 3. The van der Waals surface area contributed by atoms with Crippen LogP contribution in [0.2, 0.25) is 0 Å². The third-order valence-electron chi connectivity index (χ3n) is 2.74. The van der Waals surface area contributed by atoms with Gasteiger partial charge in [0.15, 0.2) is 5.78 Å². The van der Waals surface area contributed by atoms with E-state index < -0.39 is 36.2 Å². The molecule has 1 rings (SSSR count). The molecule has 1 aromatic carbocycles. The first-order valence-corrected chi connectivity index (χ1v) is 5.90. The van der Waals surface area contributed by atoms with Gasteiger partial charge < -0.3 is 21.7 Å². The van der Waals surface area contributed by atoms with Crippen molar-refractivity contribution in [1.82, 2.24) is 0 Å². The van der Waals surface area contributed by atoms with Gasteiger partial charge >= 0.3 is 11.9 Å². The molecular formula is C13H16N2O5. The Labute approximate surface area is 115 Å². The molecule has 0 radical (unpaired) electrons. The van der Waals surface area contributed by atoms with E-state index in [0.29, 0.717) is 5.56 Å². The van der Waals surface area contributed by atoms with E-state index in [1.807, 2.05) is 0 Å². The molecule has 0 aliphatic carbocycles. The highest BCUT2D eigenvalue weighted by Gasteiger charge is 2.19. The van der Waals surface area contributed by atoms with Crippen LogP contribution < -0.4 is 11.5 Å². The van der Waals surface area contributed by atoms with E-state index in [1.54, 1.807) is 12.1 Å². The molecule has 0 aromatic heterocycles. The summed E-state index contributed by atoms with van der Waals surface area (Å²) in [7, 11) is 0. The standard InChI is InChI=1S/C13H16N2O5/c14-9(6-11(16)17)12(18)8-3-1-7(2-4-8)5-10(15)13(19)20/h1-4,9-10H,5-6,14-15H2,(H,16,17)(H,19,20)/t9-,10-/m0/s1. The molecule has 6 N–H and O–H groups in total. The molecule has 2 atom stereocenters. The largest absolute Gasteiger partial charge is 0.481 e. The Kier molecular flexibility index (Phi) is 5.36. The zero-order valence-corrected chi connectivity index (χ0v) is 10.7. The van der Waals surface area contributed by atoms with Gasteiger partial charge in [-0.1, -0.05) is 24.3 Å². The number of carbonyl (C=O) groups excluding carboxylic acids is 1. The molecule has 0 saturated carbocycles. The van der Waals surface area contributed by atoms with Gasteiger partial charge in [0.25, 0.3) is 0 Å². The number of hydrogen-bond donors (Lipinski definition) is 4. The van der Waals surface area contributed by atoms with Crippen molar-refractivity contribution < 1.29 is 24.6 Å². The molecule has 0 unspecified atom stereocenters. The van der Waals surface area contributed by atoms with Gasteiger partial charge in [0.05, 0.1) is 12.5 Å². The summed E-state index contributed by atoms with van der Waals surface area (Å²) >= 11 is 0. The number of carboxylic acids is 2. The van der Waals surface area contributed by atoms with Gasteiger partial charge in [-0.15, -0.1) is 0 Å². The van der Waals surface area contributed by atoms with E-state index in [2.05, 4.69) is 0 Å². The minimum atomic E-state index is -1.14. The van der Waals surface area contributed by atoms with Gasteiger partial charge in [-0.25, -0.2) is 0 Å². The zero-order valence-electron chi connectivity index (χ0n) is 10.7. The maximum atomic E-state index is 11.8. The molecule has 7 heteroatoms. The second-order valence-corrected chi connectivity index (χ2v) is 4.41. The van der Waals surface area contributed by atoms with Gasteiger partial charge in [0, 0.05) is 5.56 Å². The predicted molar refractivity (Wildman–Crippen MR) is 70.3 cm³/mol. The first kappa shape index (κ1) is 15.8. The van der Waals surface area contributed by atoms with Gasteiger partial charge in [0.2, 0.25) is 0 Å². The SMILES string of the molecule is N[C@@H](Cc1ccc(C(=O)[C@@H](N)CC(=O)O)cc1)C(=O)O. The summed E-state index contributed by atoms with van der Waals surface area (Å²) in [5.74, 6) is -2.72. The molecule has 0 fully saturated rings. The van der Waals surface area contributed by atoms with E-state index in [0.717, 1.165) is 0 Å². The van der Waals surface area contributed by atoms with Crippen molar-refractivity contribution in [1.29, 1.82) is 0 Å². The van der Waals surface area contributed by atoms with E-state index >= 15 is 0 Å². The van der Waals surface area contributed by atoms with Crippen molar-refractivity contribution in [3.8, 4) is 0 Å². The van der Waals surface area contributed by atoms with Crippen LogP contribution in [0.4, 0.5) is 0 Å². The minimum absolute atomic E-state index is 0.144. The van der Waals surface area contributed by atoms with E-state index in [9.17, 15) is 14.4 Å². The highest BCUT2D eigenvalue weighted by atomic mass is 16.4. The molecule has 0 bridgehead atoms. The summed E-state index contributed by atoms with van der Waals surface area (Å²) in [6.45, 7) is 0. The molecule has 108 valence electrons. The van der Waals surface area contributed by atoms with Crippen LogP contribution in [0.1, 0.15) is 22.3 Å². The Morgan fingerprint density at radius 2 is 1.55 bits per heavy atom. The average Bonchev–Trinajstić information content (AvgIpc) is 2.37. The van der Waals surface area contributed by atoms with Crippen LogP contribution in [0, 0.1) is 0 Å². The van der Waals surface area contributed by atoms with Crippen molar-refractivity contribution in [2.24, 2.45) is 11.5 Å². The smallest absolute Gasteiger partial charge is 0.320 e. The van der Waals surface area contributed by atoms with Gasteiger partial charge in [-0.2, -0.15) is 0 Å². The van der Waals surface area contributed by atoms with Crippen LogP contribution in [0.25, 0.3) is 0 Å². The lowest BCUT2D eigenvalue weighted by atomic mass is 9.99. The van der Waals surface area contributed by atoms with Crippen molar-refractivity contribution in [2.45, 2.75) is 24.9 Å². The normalized spacial score (nSPS) is 13.5. The highest BCUT2D eigenvalue weighted by molar-refractivity contribution is 6.01. The summed E-state index contributed by atoms with van der Waals surface area (Å²) < 4.78 is 0. The van der Waals surface area contributed by atoms with E-state index in [1.165, 1.54) is 12.1 Å². The maximum absolute atomic E-state index is 11.8. The fourth-order valence-electron chi connectivity index (χ4n) is 1.64. The minimum Gasteiger partial charge on any atom is -0.481 e. The monoisotopic (exact) mass is 280 g/mol. The highest BCUT2D eigenvalue weighted by Crippen LogP contribution is 2.09. The van der Waals surface area contributed by atoms with Crippen molar-refractivity contribution >= 4 is 17.7 Å². The number of benzene rings is 1. The summed E-state index contributed by atoms with van der Waals surface area (Å²) in [6, 6.07) is 4.00. The number of carboxylic acid groups (broad SMARTS) is 2. The lowest BCUT2D eigenvalue weighted by Gasteiger charge is -2.10. The number of nitrogens with two attached hydrogens (primary N) is 2. The second-order valence-electron chi connectivity index (χ2n) is 4.41. The number of aliphatic carboxylic acids is 2. The summed E-state index contributed by atoms with van der Waals surface area (Å²) in [5.41, 5.74) is 11.8. The third-order valence-corrected chi connectivity index (χ3v) is 2.74. The maximum Gasteiger partial charge on any atom is 0.320 e. The van der Waals surface area contributed by atoms with Gasteiger partial charge in [-0.3, -0.25) is 14.4 Å². The Morgan fingerprint density at radius 1 is 1.00 bits per heavy atom. The lowest BCUT2D eigenvalue weighted by molar-refractivity contribution is -0.139. The zero-order chi connectivity index (χ0) is 15.3. The fourth-order valence-corrected chi connectivity index (χ4v) is 1.64. The molecule has 7 nitrogen and oxygen atoms in total. The van der Waals surface area contributed by atoms with Gasteiger partial charge in [0.1, 0.15) is 6.04 Å². The van der Waals surface area contributed by atoms with E-state index in [4.69, 9.17) is 21.7 Å². The van der Waals surface area contributed by atoms with Crippen LogP contribution in [0.15, 0.2) is 24.3 Å². The molecule has 0 aliphatic heterocycles. The predicted octanol–water partition coefficient (Wildman–Crippen LogP) is -0.374. The molecule has 0 heterocycles. The molecule has 0 saturated heterocycles. The topological polar surface area (TPSA) is 144 Å². The molecule has 0 spiro atoms. The van der Waals surface area contributed by atoms with Crippen LogP contribution >= 0.6 is 0 Å². The summed E-state index contributed by atoms with van der Waals surface area (Å²) in [6.07, 6.45) is -0.296. The number of ketones is 1. The second kappa shape index (κ2) is 6.78. The first-order chi connectivity index (χ1) is 9.31. The van der Waals surface area contributed by atoms with Crippen LogP contribution in [-0.2, 0) is 16.0 Å². The fraction of sp³-hybridized carbons (Fsp3) is 0.308. The lowest BCUT2D eigenvalue weighted by Crippen LogP contribution is -2.33. The first-order valence-electron chi connectivity index (χ1n) is 5.90. The summed E-state index contributed by atoms with van der Waals surface area (Å²) in [4.78, 5) is 32.9. The molecule has 1 aromatic rings. The Bertz CT molecular complexity index is 512. The molecule has 0 aliphatic rings. The van der Waals surface area contributed by atoms with Crippen LogP contribution in [0.5, 0.6) is 0 Å². The van der Waals surface area contributed by atoms with Crippen molar-refractivity contribution in [3.05, 3.63) is 35.4 Å². The number of hydrogen-bond acceptors (Lipinski definition) is 5. The van der Waals surface area contributed by atoms with Crippen LogP contribution in [0.3, 0.4) is 0 Å².